The lowest BCUT2D eigenvalue weighted by molar-refractivity contribution is -0.121. The van der Waals surface area contributed by atoms with Gasteiger partial charge in [0, 0.05) is 24.3 Å². The minimum absolute atomic E-state index is 0.0217. The minimum atomic E-state index is -0.120. The summed E-state index contributed by atoms with van der Waals surface area (Å²) in [7, 11) is 3.87. The molecule has 2 aromatic heterocycles. The number of amides is 1. The first-order valence-electron chi connectivity index (χ1n) is 7.53. The molecule has 0 fully saturated rings. The van der Waals surface area contributed by atoms with E-state index in [1.165, 1.54) is 11.3 Å². The average Bonchev–Trinajstić information content (AvgIpc) is 3.16. The number of thiophene rings is 1. The number of ketones is 1. The molecule has 124 valence electrons. The second kappa shape index (κ2) is 8.08. The molecule has 5 nitrogen and oxygen atoms in total. The Balaban J connectivity index is 1.79. The number of furan rings is 1. The first-order chi connectivity index (χ1) is 11.0. The third-order valence-electron chi connectivity index (χ3n) is 3.58. The Morgan fingerprint density at radius 3 is 2.61 bits per heavy atom. The van der Waals surface area contributed by atoms with Crippen LogP contribution in [0.3, 0.4) is 0 Å². The number of hydrogen-bond acceptors (Lipinski definition) is 5. The van der Waals surface area contributed by atoms with E-state index in [2.05, 4.69) is 5.32 Å². The average molecular weight is 334 g/mol. The highest BCUT2D eigenvalue weighted by Gasteiger charge is 2.18. The lowest BCUT2D eigenvalue weighted by atomic mass is 10.1. The molecule has 6 heteroatoms. The molecular formula is C17H22N2O3S. The summed E-state index contributed by atoms with van der Waals surface area (Å²) in [5, 5.41) is 2.87. The summed E-state index contributed by atoms with van der Waals surface area (Å²) in [4.78, 5) is 27.8. The van der Waals surface area contributed by atoms with Crippen molar-refractivity contribution in [3.63, 3.8) is 0 Å². The summed E-state index contributed by atoms with van der Waals surface area (Å²) in [6.45, 7) is 2.41. The third-order valence-corrected chi connectivity index (χ3v) is 4.62. The second-order valence-corrected chi connectivity index (χ2v) is 6.92. The minimum Gasteiger partial charge on any atom is -0.468 e. The summed E-state index contributed by atoms with van der Waals surface area (Å²) < 4.78 is 5.40. The van der Waals surface area contributed by atoms with Crippen molar-refractivity contribution in [2.45, 2.75) is 25.8 Å². The van der Waals surface area contributed by atoms with Crippen LogP contribution in [-0.4, -0.2) is 37.2 Å². The number of Topliss-reactive ketones (excluding diaryl/α,β-unsaturated/α-hetero) is 1. The number of carbonyl (C=O) groups excluding carboxylic acids is 2. The van der Waals surface area contributed by atoms with Crippen LogP contribution >= 0.6 is 11.3 Å². The SMILES string of the molecule is Cc1ccc(C(=O)CCC(=O)NC[C@H](c2ccco2)N(C)C)s1. The maximum Gasteiger partial charge on any atom is 0.220 e. The lowest BCUT2D eigenvalue weighted by Gasteiger charge is -2.22. The van der Waals surface area contributed by atoms with Crippen molar-refractivity contribution in [2.75, 3.05) is 20.6 Å². The monoisotopic (exact) mass is 334 g/mol. The molecule has 0 aliphatic carbocycles. The van der Waals surface area contributed by atoms with Gasteiger partial charge in [-0.25, -0.2) is 0 Å². The number of aryl methyl sites for hydroxylation is 1. The fourth-order valence-electron chi connectivity index (χ4n) is 2.25. The highest BCUT2D eigenvalue weighted by Crippen LogP contribution is 2.19. The maximum absolute atomic E-state index is 12.0. The second-order valence-electron chi connectivity index (χ2n) is 5.63. The summed E-state index contributed by atoms with van der Waals surface area (Å²) in [6.07, 6.45) is 2.06. The van der Waals surface area contributed by atoms with Crippen molar-refractivity contribution in [3.05, 3.63) is 46.0 Å². The highest BCUT2D eigenvalue weighted by atomic mass is 32.1. The van der Waals surface area contributed by atoms with Gasteiger partial charge in [-0.1, -0.05) is 0 Å². The Morgan fingerprint density at radius 1 is 1.26 bits per heavy atom. The van der Waals surface area contributed by atoms with E-state index >= 15 is 0 Å². The standard InChI is InChI=1S/C17H22N2O3S/c1-12-6-8-16(23-12)14(20)7-9-17(21)18-11-13(19(2)3)15-5-4-10-22-15/h4-6,8,10,13H,7,9,11H2,1-3H3,(H,18,21)/t13-/m1/s1. The van der Waals surface area contributed by atoms with Gasteiger partial charge in [0.1, 0.15) is 5.76 Å². The van der Waals surface area contributed by atoms with Crippen LogP contribution < -0.4 is 5.32 Å². The van der Waals surface area contributed by atoms with Crippen LogP contribution in [0.5, 0.6) is 0 Å². The Bertz CT molecular complexity index is 647. The molecule has 2 heterocycles. The first-order valence-corrected chi connectivity index (χ1v) is 8.35. The molecule has 0 aromatic carbocycles. The fourth-order valence-corrected chi connectivity index (χ4v) is 3.09. The molecular weight excluding hydrogens is 312 g/mol. The number of nitrogens with one attached hydrogen (secondary N) is 1. The van der Waals surface area contributed by atoms with Gasteiger partial charge in [0.25, 0.3) is 0 Å². The van der Waals surface area contributed by atoms with E-state index in [-0.39, 0.29) is 30.6 Å². The predicted octanol–water partition coefficient (Wildman–Crippen LogP) is 3.03. The van der Waals surface area contributed by atoms with Crippen LogP contribution in [-0.2, 0) is 4.79 Å². The zero-order valence-electron chi connectivity index (χ0n) is 13.7. The molecule has 0 radical (unpaired) electrons. The Morgan fingerprint density at radius 2 is 2.04 bits per heavy atom. The number of nitrogens with zero attached hydrogens (tertiary/aromatic N) is 1. The van der Waals surface area contributed by atoms with Crippen molar-refractivity contribution in [2.24, 2.45) is 0 Å². The summed E-state index contributed by atoms with van der Waals surface area (Å²) in [5.41, 5.74) is 0. The quantitative estimate of drug-likeness (QED) is 0.754. The Labute approximate surface area is 140 Å². The molecule has 23 heavy (non-hydrogen) atoms. The Kier molecular flexibility index (Phi) is 6.12. The molecule has 2 rings (SSSR count). The van der Waals surface area contributed by atoms with Gasteiger partial charge in [0.05, 0.1) is 17.2 Å². The van der Waals surface area contributed by atoms with Crippen molar-refractivity contribution < 1.29 is 14.0 Å². The van der Waals surface area contributed by atoms with Gasteiger partial charge in [-0.05, 0) is 45.3 Å². The smallest absolute Gasteiger partial charge is 0.220 e. The van der Waals surface area contributed by atoms with Crippen LogP contribution in [0.2, 0.25) is 0 Å². The molecule has 0 saturated carbocycles. The molecule has 0 unspecified atom stereocenters. The van der Waals surface area contributed by atoms with Crippen LogP contribution in [0.25, 0.3) is 0 Å². The maximum atomic E-state index is 12.0. The summed E-state index contributed by atoms with van der Waals surface area (Å²) >= 11 is 1.47. The van der Waals surface area contributed by atoms with Crippen LogP contribution in [0.4, 0.5) is 0 Å². The van der Waals surface area contributed by atoms with Gasteiger partial charge in [-0.15, -0.1) is 11.3 Å². The third kappa shape index (κ3) is 5.04. The molecule has 1 amide bonds. The Hall–Kier alpha value is -1.92. The molecule has 0 saturated heterocycles. The van der Waals surface area contributed by atoms with Gasteiger partial charge >= 0.3 is 0 Å². The zero-order valence-corrected chi connectivity index (χ0v) is 14.5. The van der Waals surface area contributed by atoms with E-state index in [4.69, 9.17) is 4.42 Å². The normalized spacial score (nSPS) is 12.3. The van der Waals surface area contributed by atoms with Crippen LogP contribution in [0.15, 0.2) is 34.9 Å². The molecule has 2 aromatic rings. The van der Waals surface area contributed by atoms with E-state index < -0.39 is 0 Å². The van der Waals surface area contributed by atoms with E-state index in [0.29, 0.717) is 6.54 Å². The summed E-state index contributed by atoms with van der Waals surface area (Å²) in [5.74, 6) is 0.707. The summed E-state index contributed by atoms with van der Waals surface area (Å²) in [6, 6.07) is 7.43. The van der Waals surface area contributed by atoms with Crippen molar-refractivity contribution in [1.82, 2.24) is 10.2 Å². The van der Waals surface area contributed by atoms with E-state index in [1.54, 1.807) is 6.26 Å². The van der Waals surface area contributed by atoms with Gasteiger partial charge < -0.3 is 9.73 Å². The number of rotatable bonds is 8. The molecule has 0 aliphatic rings. The molecule has 1 atom stereocenters. The fraction of sp³-hybridized carbons (Fsp3) is 0.412. The highest BCUT2D eigenvalue weighted by molar-refractivity contribution is 7.14. The zero-order chi connectivity index (χ0) is 16.8. The number of hydrogen-bond donors (Lipinski definition) is 1. The van der Waals surface area contributed by atoms with Crippen molar-refractivity contribution in [3.8, 4) is 0 Å². The van der Waals surface area contributed by atoms with Crippen LogP contribution in [0.1, 0.15) is 39.2 Å². The first kappa shape index (κ1) is 17.4. The molecule has 1 N–H and O–H groups in total. The molecule has 0 aliphatic heterocycles. The van der Waals surface area contributed by atoms with Crippen molar-refractivity contribution in [1.29, 1.82) is 0 Å². The van der Waals surface area contributed by atoms with Gasteiger partial charge in [-0.2, -0.15) is 0 Å². The van der Waals surface area contributed by atoms with Crippen molar-refractivity contribution >= 4 is 23.0 Å². The van der Waals surface area contributed by atoms with E-state index in [1.807, 2.05) is 50.2 Å². The predicted molar refractivity (Wildman–Crippen MR) is 90.8 cm³/mol. The number of carbonyl (C=O) groups is 2. The van der Waals surface area contributed by atoms with Crippen LogP contribution in [0, 0.1) is 6.92 Å². The van der Waals surface area contributed by atoms with Gasteiger partial charge in [0.15, 0.2) is 5.78 Å². The van der Waals surface area contributed by atoms with Gasteiger partial charge in [0.2, 0.25) is 5.91 Å². The topological polar surface area (TPSA) is 62.6 Å². The largest absolute Gasteiger partial charge is 0.468 e. The van der Waals surface area contributed by atoms with E-state index in [9.17, 15) is 9.59 Å². The van der Waals surface area contributed by atoms with Gasteiger partial charge in [-0.3, -0.25) is 14.5 Å². The molecule has 0 spiro atoms. The van der Waals surface area contributed by atoms with E-state index in [0.717, 1.165) is 15.5 Å². The number of likely N-dealkylation sites (N-methyl/N-ethyl adjacent to an activating group) is 1. The molecule has 0 bridgehead atoms. The lowest BCUT2D eigenvalue weighted by Crippen LogP contribution is -2.34.